The van der Waals surface area contributed by atoms with Crippen molar-refractivity contribution in [1.29, 1.82) is 0 Å². The van der Waals surface area contributed by atoms with Crippen LogP contribution in [0.2, 0.25) is 0 Å². The topological polar surface area (TPSA) is 34.1 Å². The van der Waals surface area contributed by atoms with Gasteiger partial charge in [0.1, 0.15) is 0 Å². The SMILES string of the molecule is O=[SH](=O)C=CF. The van der Waals surface area contributed by atoms with E-state index in [2.05, 4.69) is 0 Å². The minimum Gasteiger partial charge on any atom is -0.227 e. The molecular weight excluding hydrogens is 107 g/mol. The summed E-state index contributed by atoms with van der Waals surface area (Å²) in [5, 5.41) is 0.454. The molecule has 2 nitrogen and oxygen atoms in total. The van der Waals surface area contributed by atoms with Gasteiger partial charge in [-0.05, 0) is 0 Å². The predicted octanol–water partition coefficient (Wildman–Crippen LogP) is 0.0385. The van der Waals surface area contributed by atoms with Crippen LogP contribution in [-0.2, 0) is 10.7 Å². The highest BCUT2D eigenvalue weighted by Crippen LogP contribution is 1.68. The lowest BCUT2D eigenvalue weighted by Gasteiger charge is -1.55. The third kappa shape index (κ3) is 3.62. The minimum atomic E-state index is -2.66. The maximum absolute atomic E-state index is 10.7. The standard InChI is InChI=1S/C2H3FO2S/c3-1-2-6(4)5/h1-2,6H. The van der Waals surface area contributed by atoms with Gasteiger partial charge >= 0.3 is 0 Å². The molecule has 36 valence electrons. The van der Waals surface area contributed by atoms with Crippen molar-refractivity contribution in [2.75, 3.05) is 0 Å². The molecule has 0 aliphatic heterocycles. The average molecular weight is 110 g/mol. The fraction of sp³-hybridized carbons (Fsp3) is 0. The first-order valence-corrected chi connectivity index (χ1v) is 2.42. The first-order valence-electron chi connectivity index (χ1n) is 1.17. The summed E-state index contributed by atoms with van der Waals surface area (Å²) < 4.78 is 29.3. The number of hydrogen-bond donors (Lipinski definition) is 1. The van der Waals surface area contributed by atoms with Gasteiger partial charge in [0.2, 0.25) is 0 Å². The van der Waals surface area contributed by atoms with Crippen molar-refractivity contribution in [3.63, 3.8) is 0 Å². The van der Waals surface area contributed by atoms with E-state index in [1.807, 2.05) is 0 Å². The van der Waals surface area contributed by atoms with E-state index in [0.29, 0.717) is 5.41 Å². The quantitative estimate of drug-likeness (QED) is 0.483. The Morgan fingerprint density at radius 2 is 2.00 bits per heavy atom. The molecule has 0 fully saturated rings. The van der Waals surface area contributed by atoms with Gasteiger partial charge in [0.05, 0.1) is 11.7 Å². The first kappa shape index (κ1) is 5.62. The van der Waals surface area contributed by atoms with Crippen LogP contribution in [0.5, 0.6) is 0 Å². The zero-order chi connectivity index (χ0) is 4.99. The zero-order valence-electron chi connectivity index (χ0n) is 2.80. The summed E-state index contributed by atoms with van der Waals surface area (Å²) in [4.78, 5) is 0. The van der Waals surface area contributed by atoms with E-state index in [0.717, 1.165) is 0 Å². The van der Waals surface area contributed by atoms with Crippen LogP contribution in [0.4, 0.5) is 4.39 Å². The molecule has 0 N–H and O–H groups in total. The Balaban J connectivity index is 3.62. The smallest absolute Gasteiger partial charge is 0.163 e. The van der Waals surface area contributed by atoms with Crippen molar-refractivity contribution >= 4 is 10.7 Å². The molecule has 0 unspecified atom stereocenters. The second-order valence-electron chi connectivity index (χ2n) is 0.560. The lowest BCUT2D eigenvalue weighted by atomic mass is 11.2. The molecule has 0 aromatic heterocycles. The van der Waals surface area contributed by atoms with Crippen LogP contribution >= 0.6 is 0 Å². The fourth-order valence-electron chi connectivity index (χ4n) is 0.0460. The third-order valence-electron chi connectivity index (χ3n) is 0.178. The van der Waals surface area contributed by atoms with Gasteiger partial charge in [-0.1, -0.05) is 0 Å². The lowest BCUT2D eigenvalue weighted by molar-refractivity contribution is 0.620. The monoisotopic (exact) mass is 110 g/mol. The Kier molecular flexibility index (Phi) is 2.66. The summed E-state index contributed by atoms with van der Waals surface area (Å²) in [5.41, 5.74) is 0. The molecule has 0 aromatic rings. The highest BCUT2D eigenvalue weighted by Gasteiger charge is 1.63. The molecule has 0 rings (SSSR count). The molecule has 0 bridgehead atoms. The number of rotatable bonds is 1. The summed E-state index contributed by atoms with van der Waals surface area (Å²) in [7, 11) is -2.66. The summed E-state index contributed by atoms with van der Waals surface area (Å²) in [6, 6.07) is 0. The second-order valence-corrected chi connectivity index (χ2v) is 1.43. The van der Waals surface area contributed by atoms with Gasteiger partial charge in [-0.15, -0.1) is 0 Å². The van der Waals surface area contributed by atoms with Crippen molar-refractivity contribution in [1.82, 2.24) is 0 Å². The average Bonchev–Trinajstić information content (AvgIpc) is 1.35. The van der Waals surface area contributed by atoms with Gasteiger partial charge in [0.25, 0.3) is 0 Å². The molecule has 0 aromatic carbocycles. The maximum Gasteiger partial charge on any atom is 0.163 e. The van der Waals surface area contributed by atoms with E-state index in [4.69, 9.17) is 0 Å². The Labute approximate surface area is 36.2 Å². The van der Waals surface area contributed by atoms with Crippen molar-refractivity contribution in [3.8, 4) is 0 Å². The normalized spacial score (nSPS) is 11.0. The molecule has 6 heavy (non-hydrogen) atoms. The van der Waals surface area contributed by atoms with Gasteiger partial charge in [0.15, 0.2) is 10.7 Å². The van der Waals surface area contributed by atoms with Crippen LogP contribution in [-0.4, -0.2) is 8.42 Å². The van der Waals surface area contributed by atoms with E-state index >= 15 is 0 Å². The van der Waals surface area contributed by atoms with Gasteiger partial charge in [-0.2, -0.15) is 0 Å². The Morgan fingerprint density at radius 1 is 1.50 bits per heavy atom. The Hall–Kier alpha value is -0.380. The highest BCUT2D eigenvalue weighted by atomic mass is 32.2. The van der Waals surface area contributed by atoms with Gasteiger partial charge in [-0.25, -0.2) is 12.8 Å². The van der Waals surface area contributed by atoms with Gasteiger partial charge < -0.3 is 0 Å². The molecule has 0 saturated carbocycles. The molecule has 0 aliphatic carbocycles. The molecule has 0 saturated heterocycles. The van der Waals surface area contributed by atoms with Crippen molar-refractivity contribution < 1.29 is 12.8 Å². The molecule has 0 aliphatic rings. The summed E-state index contributed by atoms with van der Waals surface area (Å²) in [5.74, 6) is 0. The Bertz CT molecular complexity index is 107. The van der Waals surface area contributed by atoms with E-state index < -0.39 is 10.7 Å². The number of thiol groups is 1. The van der Waals surface area contributed by atoms with Crippen molar-refractivity contribution in [2.45, 2.75) is 0 Å². The third-order valence-corrected chi connectivity index (χ3v) is 0.534. The van der Waals surface area contributed by atoms with Crippen LogP contribution in [0.1, 0.15) is 0 Å². The van der Waals surface area contributed by atoms with Crippen LogP contribution in [0.3, 0.4) is 0 Å². The second kappa shape index (κ2) is 2.84. The summed E-state index contributed by atoms with van der Waals surface area (Å²) in [6.45, 7) is 0. The number of hydrogen-bond acceptors (Lipinski definition) is 2. The van der Waals surface area contributed by atoms with Gasteiger partial charge in [0, 0.05) is 0 Å². The predicted molar refractivity (Wildman–Crippen MR) is 20.6 cm³/mol. The van der Waals surface area contributed by atoms with Crippen LogP contribution in [0, 0.1) is 0 Å². The summed E-state index contributed by atoms with van der Waals surface area (Å²) in [6.07, 6.45) is -0.0221. The largest absolute Gasteiger partial charge is 0.227 e. The van der Waals surface area contributed by atoms with Gasteiger partial charge in [-0.3, -0.25) is 0 Å². The molecule has 0 atom stereocenters. The van der Waals surface area contributed by atoms with Crippen LogP contribution < -0.4 is 0 Å². The fourth-order valence-corrected chi connectivity index (χ4v) is 0.138. The highest BCUT2D eigenvalue weighted by molar-refractivity contribution is 7.75. The van der Waals surface area contributed by atoms with E-state index in [1.165, 1.54) is 0 Å². The van der Waals surface area contributed by atoms with Crippen molar-refractivity contribution in [2.24, 2.45) is 0 Å². The molecular formula is C2H3FO2S. The molecule has 0 radical (unpaired) electrons. The van der Waals surface area contributed by atoms with Crippen LogP contribution in [0.15, 0.2) is 11.7 Å². The van der Waals surface area contributed by atoms with Crippen molar-refractivity contribution in [3.05, 3.63) is 11.7 Å². The molecule has 0 heterocycles. The Morgan fingerprint density at radius 3 is 2.00 bits per heavy atom. The van der Waals surface area contributed by atoms with E-state index in [9.17, 15) is 12.8 Å². The zero-order valence-corrected chi connectivity index (χ0v) is 3.69. The van der Waals surface area contributed by atoms with E-state index in [1.54, 1.807) is 0 Å². The summed E-state index contributed by atoms with van der Waals surface area (Å²) >= 11 is 0. The maximum atomic E-state index is 10.7. The molecule has 0 amide bonds. The molecule has 4 heteroatoms. The first-order chi connectivity index (χ1) is 2.77. The molecule has 0 spiro atoms. The van der Waals surface area contributed by atoms with Crippen LogP contribution in [0.25, 0.3) is 0 Å². The van der Waals surface area contributed by atoms with E-state index in [-0.39, 0.29) is 6.33 Å². The lowest BCUT2D eigenvalue weighted by Crippen LogP contribution is -1.57. The minimum absolute atomic E-state index is 0.0221. The number of halogens is 1.